The maximum atomic E-state index is 5.41. The van der Waals surface area contributed by atoms with Gasteiger partial charge in [-0.3, -0.25) is 0 Å². The molecule has 2 heteroatoms. The fourth-order valence-electron chi connectivity index (χ4n) is 0.995. The van der Waals surface area contributed by atoms with Crippen molar-refractivity contribution in [2.75, 3.05) is 0 Å². The van der Waals surface area contributed by atoms with Crippen LogP contribution >= 0.6 is 0 Å². The van der Waals surface area contributed by atoms with Gasteiger partial charge in [0.15, 0.2) is 11.7 Å². The fraction of sp³-hybridized carbons (Fsp3) is 0.300. The summed E-state index contributed by atoms with van der Waals surface area (Å²) in [7, 11) is 0. The van der Waals surface area contributed by atoms with E-state index in [0.29, 0.717) is 5.89 Å². The van der Waals surface area contributed by atoms with E-state index >= 15 is 0 Å². The van der Waals surface area contributed by atoms with Gasteiger partial charge in [0.1, 0.15) is 5.69 Å². The van der Waals surface area contributed by atoms with Crippen LogP contribution in [-0.4, -0.2) is 4.98 Å². The average molecular weight is 163 g/mol. The maximum Gasteiger partial charge on any atom is 0.192 e. The summed E-state index contributed by atoms with van der Waals surface area (Å²) >= 11 is 0. The molecule has 0 saturated heterocycles. The Morgan fingerprint density at radius 2 is 2.25 bits per heavy atom. The summed E-state index contributed by atoms with van der Waals surface area (Å²) in [5.74, 6) is 1.51. The van der Waals surface area contributed by atoms with Crippen molar-refractivity contribution >= 4 is 11.6 Å². The first-order valence-corrected chi connectivity index (χ1v) is 3.92. The van der Waals surface area contributed by atoms with Gasteiger partial charge in [0.2, 0.25) is 0 Å². The van der Waals surface area contributed by atoms with Crippen LogP contribution in [0.1, 0.15) is 31.2 Å². The highest BCUT2D eigenvalue weighted by Crippen LogP contribution is 2.20. The van der Waals surface area contributed by atoms with Crippen molar-refractivity contribution in [1.29, 1.82) is 0 Å². The predicted molar refractivity (Wildman–Crippen MR) is 50.7 cm³/mol. The lowest BCUT2D eigenvalue weighted by Crippen LogP contribution is -1.79. The Balaban J connectivity index is 3.22. The third kappa shape index (κ3) is 1.47. The van der Waals surface area contributed by atoms with E-state index in [2.05, 4.69) is 11.6 Å². The second-order valence-corrected chi connectivity index (χ2v) is 2.62. The molecule has 0 aliphatic carbocycles. The van der Waals surface area contributed by atoms with Crippen LogP contribution in [0.2, 0.25) is 0 Å². The van der Waals surface area contributed by atoms with E-state index in [1.807, 2.05) is 26.8 Å². The molecule has 1 aromatic heterocycles. The highest BCUT2D eigenvalue weighted by Gasteiger charge is 2.08. The molecular formula is C10H13NO. The van der Waals surface area contributed by atoms with Gasteiger partial charge in [-0.25, -0.2) is 4.98 Å². The largest absolute Gasteiger partial charge is 0.441 e. The fourth-order valence-corrected chi connectivity index (χ4v) is 0.995. The molecule has 0 fully saturated rings. The smallest absolute Gasteiger partial charge is 0.192 e. The van der Waals surface area contributed by atoms with Crippen LogP contribution < -0.4 is 0 Å². The Morgan fingerprint density at radius 1 is 1.58 bits per heavy atom. The van der Waals surface area contributed by atoms with Gasteiger partial charge >= 0.3 is 0 Å². The molecule has 0 amide bonds. The lowest BCUT2D eigenvalue weighted by molar-refractivity contribution is 0.509. The van der Waals surface area contributed by atoms with Gasteiger partial charge in [-0.1, -0.05) is 12.7 Å². The molecule has 0 saturated carbocycles. The van der Waals surface area contributed by atoms with Gasteiger partial charge in [0.05, 0.1) is 0 Å². The Bertz CT molecular complexity index is 321. The molecule has 0 aromatic carbocycles. The van der Waals surface area contributed by atoms with Crippen LogP contribution in [0.4, 0.5) is 0 Å². The van der Waals surface area contributed by atoms with Crippen LogP contribution in [0.15, 0.2) is 17.1 Å². The van der Waals surface area contributed by atoms with Crippen molar-refractivity contribution in [3.8, 4) is 0 Å². The standard InChI is InChI=1S/C10H13NO/c1-5-7(3)10-9(6-2)11-8(4)12-10/h5-6H,2H2,1,3-4H3/b7-5-. The first kappa shape index (κ1) is 8.78. The number of hydrogen-bond acceptors (Lipinski definition) is 2. The Hall–Kier alpha value is -1.31. The Morgan fingerprint density at radius 3 is 2.75 bits per heavy atom. The quantitative estimate of drug-likeness (QED) is 0.669. The highest BCUT2D eigenvalue weighted by molar-refractivity contribution is 5.66. The zero-order valence-electron chi connectivity index (χ0n) is 7.72. The van der Waals surface area contributed by atoms with Gasteiger partial charge in [-0.2, -0.15) is 0 Å². The lowest BCUT2D eigenvalue weighted by atomic mass is 10.2. The summed E-state index contributed by atoms with van der Waals surface area (Å²) in [6.07, 6.45) is 3.70. The van der Waals surface area contributed by atoms with Crippen LogP contribution in [0.25, 0.3) is 11.6 Å². The SMILES string of the molecule is C=Cc1nc(C)oc1/C(C)=C\C. The first-order valence-electron chi connectivity index (χ1n) is 3.92. The molecule has 1 rings (SSSR count). The molecule has 0 spiro atoms. The van der Waals surface area contributed by atoms with Crippen molar-refractivity contribution in [1.82, 2.24) is 4.98 Å². The van der Waals surface area contributed by atoms with Crippen molar-refractivity contribution in [2.24, 2.45) is 0 Å². The minimum absolute atomic E-state index is 0.682. The normalized spacial score (nSPS) is 11.8. The number of allylic oxidation sites excluding steroid dienone is 2. The molecule has 0 aliphatic heterocycles. The van der Waals surface area contributed by atoms with E-state index in [4.69, 9.17) is 4.42 Å². The number of hydrogen-bond donors (Lipinski definition) is 0. The van der Waals surface area contributed by atoms with Crippen molar-refractivity contribution < 1.29 is 4.42 Å². The second-order valence-electron chi connectivity index (χ2n) is 2.62. The van der Waals surface area contributed by atoms with Gasteiger partial charge in [0.25, 0.3) is 0 Å². The summed E-state index contributed by atoms with van der Waals surface area (Å²) in [5, 5.41) is 0. The number of aryl methyl sites for hydroxylation is 1. The van der Waals surface area contributed by atoms with Crippen LogP contribution in [0.5, 0.6) is 0 Å². The van der Waals surface area contributed by atoms with Gasteiger partial charge in [-0.05, 0) is 25.5 Å². The Kier molecular flexibility index (Phi) is 2.48. The Labute approximate surface area is 72.6 Å². The molecule has 0 N–H and O–H groups in total. The van der Waals surface area contributed by atoms with E-state index < -0.39 is 0 Å². The zero-order valence-corrected chi connectivity index (χ0v) is 7.72. The molecule has 0 atom stereocenters. The molecule has 2 nitrogen and oxygen atoms in total. The summed E-state index contributed by atoms with van der Waals surface area (Å²) in [4.78, 5) is 4.17. The molecule has 0 bridgehead atoms. The van der Waals surface area contributed by atoms with E-state index in [9.17, 15) is 0 Å². The zero-order chi connectivity index (χ0) is 9.14. The number of rotatable bonds is 2. The van der Waals surface area contributed by atoms with Gasteiger partial charge in [0, 0.05) is 6.92 Å². The monoisotopic (exact) mass is 163 g/mol. The second kappa shape index (κ2) is 3.39. The lowest BCUT2D eigenvalue weighted by Gasteiger charge is -1.94. The first-order chi connectivity index (χ1) is 5.69. The molecular weight excluding hydrogens is 150 g/mol. The van der Waals surface area contributed by atoms with Gasteiger partial charge < -0.3 is 4.42 Å². The van der Waals surface area contributed by atoms with Crippen LogP contribution in [-0.2, 0) is 0 Å². The maximum absolute atomic E-state index is 5.41. The number of oxazole rings is 1. The van der Waals surface area contributed by atoms with Crippen molar-refractivity contribution in [3.63, 3.8) is 0 Å². The number of aromatic nitrogens is 1. The summed E-state index contributed by atoms with van der Waals surface area (Å²) in [6.45, 7) is 9.47. The average Bonchev–Trinajstić information content (AvgIpc) is 2.45. The van der Waals surface area contributed by atoms with E-state index in [1.54, 1.807) is 6.08 Å². The van der Waals surface area contributed by atoms with Crippen LogP contribution in [0, 0.1) is 6.92 Å². The molecule has 64 valence electrons. The molecule has 0 radical (unpaired) electrons. The third-order valence-electron chi connectivity index (χ3n) is 1.74. The molecule has 0 unspecified atom stereocenters. The highest BCUT2D eigenvalue weighted by atomic mass is 16.4. The van der Waals surface area contributed by atoms with Crippen LogP contribution in [0.3, 0.4) is 0 Å². The summed E-state index contributed by atoms with van der Waals surface area (Å²) in [6, 6.07) is 0. The predicted octanol–water partition coefficient (Wildman–Crippen LogP) is 3.05. The summed E-state index contributed by atoms with van der Waals surface area (Å²) < 4.78 is 5.41. The van der Waals surface area contributed by atoms with E-state index in [1.165, 1.54) is 0 Å². The minimum atomic E-state index is 0.682. The molecule has 1 heterocycles. The van der Waals surface area contributed by atoms with Crippen molar-refractivity contribution in [3.05, 3.63) is 30.0 Å². The van der Waals surface area contributed by atoms with E-state index in [0.717, 1.165) is 17.0 Å². The third-order valence-corrected chi connectivity index (χ3v) is 1.74. The van der Waals surface area contributed by atoms with Crippen molar-refractivity contribution in [2.45, 2.75) is 20.8 Å². The number of nitrogens with zero attached hydrogens (tertiary/aromatic N) is 1. The molecule has 1 aromatic rings. The molecule has 0 aliphatic rings. The van der Waals surface area contributed by atoms with E-state index in [-0.39, 0.29) is 0 Å². The summed E-state index contributed by atoms with van der Waals surface area (Å²) in [5.41, 5.74) is 1.91. The minimum Gasteiger partial charge on any atom is -0.441 e. The van der Waals surface area contributed by atoms with Gasteiger partial charge in [-0.15, -0.1) is 0 Å². The molecule has 12 heavy (non-hydrogen) atoms. The topological polar surface area (TPSA) is 26.0 Å².